The molecule has 0 radical (unpaired) electrons. The quantitative estimate of drug-likeness (QED) is 0.493. The lowest BCUT2D eigenvalue weighted by atomic mass is 9.89. The minimum atomic E-state index is 0.822. The maximum Gasteiger partial charge on any atom is -0.0256 e. The van der Waals surface area contributed by atoms with E-state index in [4.69, 9.17) is 0 Å². The molecular weight excluding hydrogens is 132 g/mol. The fraction of sp³-hybridized carbons (Fsp3) is 0.636. The van der Waals surface area contributed by atoms with E-state index in [1.54, 1.807) is 0 Å². The highest BCUT2D eigenvalue weighted by molar-refractivity contribution is 5.23. The molecule has 0 amide bonds. The van der Waals surface area contributed by atoms with Crippen molar-refractivity contribution in [3.8, 4) is 0 Å². The first-order valence-corrected chi connectivity index (χ1v) is 4.53. The first-order valence-electron chi connectivity index (χ1n) is 4.53. The first-order chi connectivity index (χ1) is 5.18. The van der Waals surface area contributed by atoms with Gasteiger partial charge in [-0.25, -0.2) is 0 Å². The van der Waals surface area contributed by atoms with Gasteiger partial charge in [-0.1, -0.05) is 44.6 Å². The SMILES string of the molecule is C=C1C=C(C)CC(C)C1.CC. The zero-order valence-corrected chi connectivity index (χ0v) is 8.28. The van der Waals surface area contributed by atoms with Gasteiger partial charge in [0.1, 0.15) is 0 Å². The second-order valence-electron chi connectivity index (χ2n) is 3.16. The van der Waals surface area contributed by atoms with Gasteiger partial charge in [-0.05, 0) is 25.7 Å². The average Bonchev–Trinajstić information content (AvgIpc) is 1.88. The fourth-order valence-corrected chi connectivity index (χ4v) is 1.54. The largest absolute Gasteiger partial charge is 0.0958 e. The van der Waals surface area contributed by atoms with E-state index in [2.05, 4.69) is 26.5 Å². The van der Waals surface area contributed by atoms with Crippen molar-refractivity contribution in [3.63, 3.8) is 0 Å². The van der Waals surface area contributed by atoms with Crippen molar-refractivity contribution in [1.29, 1.82) is 0 Å². The van der Waals surface area contributed by atoms with E-state index in [9.17, 15) is 0 Å². The summed E-state index contributed by atoms with van der Waals surface area (Å²) in [7, 11) is 0. The molecule has 0 nitrogen and oxygen atoms in total. The molecule has 0 aliphatic heterocycles. The molecule has 0 heterocycles. The third kappa shape index (κ3) is 4.02. The molecule has 1 rings (SSSR count). The molecule has 0 fully saturated rings. The summed E-state index contributed by atoms with van der Waals surface area (Å²) in [5.41, 5.74) is 2.78. The molecule has 0 aromatic heterocycles. The number of allylic oxidation sites excluding steroid dienone is 3. The van der Waals surface area contributed by atoms with Gasteiger partial charge in [0.15, 0.2) is 0 Å². The van der Waals surface area contributed by atoms with Crippen LogP contribution in [-0.4, -0.2) is 0 Å². The van der Waals surface area contributed by atoms with Crippen molar-refractivity contribution in [2.24, 2.45) is 5.92 Å². The van der Waals surface area contributed by atoms with Gasteiger partial charge in [0.25, 0.3) is 0 Å². The van der Waals surface area contributed by atoms with Crippen LogP contribution in [-0.2, 0) is 0 Å². The highest BCUT2D eigenvalue weighted by Gasteiger charge is 2.09. The van der Waals surface area contributed by atoms with Gasteiger partial charge in [-0.3, -0.25) is 0 Å². The monoisotopic (exact) mass is 152 g/mol. The number of hydrogen-bond acceptors (Lipinski definition) is 0. The molecule has 0 N–H and O–H groups in total. The Morgan fingerprint density at radius 2 is 1.91 bits per heavy atom. The highest BCUT2D eigenvalue weighted by atomic mass is 14.1. The Morgan fingerprint density at radius 3 is 2.27 bits per heavy atom. The second-order valence-corrected chi connectivity index (χ2v) is 3.16. The smallest absolute Gasteiger partial charge is 0.0256 e. The van der Waals surface area contributed by atoms with Crippen molar-refractivity contribution in [2.45, 2.75) is 40.5 Å². The minimum Gasteiger partial charge on any atom is -0.0958 e. The second kappa shape index (κ2) is 5.17. The number of rotatable bonds is 0. The van der Waals surface area contributed by atoms with Crippen LogP contribution in [0.1, 0.15) is 40.5 Å². The van der Waals surface area contributed by atoms with Gasteiger partial charge >= 0.3 is 0 Å². The fourth-order valence-electron chi connectivity index (χ4n) is 1.54. The van der Waals surface area contributed by atoms with E-state index in [0.29, 0.717) is 0 Å². The van der Waals surface area contributed by atoms with Gasteiger partial charge in [0, 0.05) is 0 Å². The summed E-state index contributed by atoms with van der Waals surface area (Å²) in [6.45, 7) is 12.4. The Balaban J connectivity index is 0.000000461. The highest BCUT2D eigenvalue weighted by Crippen LogP contribution is 2.25. The maximum atomic E-state index is 3.94. The van der Waals surface area contributed by atoms with Crippen LogP contribution < -0.4 is 0 Å². The van der Waals surface area contributed by atoms with Crippen molar-refractivity contribution in [1.82, 2.24) is 0 Å². The zero-order valence-electron chi connectivity index (χ0n) is 8.28. The summed E-state index contributed by atoms with van der Waals surface area (Å²) in [6, 6.07) is 0. The van der Waals surface area contributed by atoms with E-state index in [1.807, 2.05) is 13.8 Å². The van der Waals surface area contributed by atoms with Crippen molar-refractivity contribution in [3.05, 3.63) is 23.8 Å². The van der Waals surface area contributed by atoms with Crippen molar-refractivity contribution < 1.29 is 0 Å². The predicted octanol–water partition coefficient (Wildman–Crippen LogP) is 3.95. The lowest BCUT2D eigenvalue weighted by Gasteiger charge is -2.17. The molecule has 0 aromatic carbocycles. The molecular formula is C11H20. The molecule has 1 aliphatic rings. The van der Waals surface area contributed by atoms with Gasteiger partial charge in [-0.15, -0.1) is 0 Å². The summed E-state index contributed by atoms with van der Waals surface area (Å²) in [4.78, 5) is 0. The van der Waals surface area contributed by atoms with Gasteiger partial charge in [0.05, 0.1) is 0 Å². The topological polar surface area (TPSA) is 0 Å². The molecule has 0 saturated carbocycles. The van der Waals surface area contributed by atoms with Crippen LogP contribution in [0.15, 0.2) is 23.8 Å². The molecule has 11 heavy (non-hydrogen) atoms. The molecule has 0 saturated heterocycles. The van der Waals surface area contributed by atoms with Crippen LogP contribution in [0.3, 0.4) is 0 Å². The van der Waals surface area contributed by atoms with Crippen LogP contribution in [0.5, 0.6) is 0 Å². The molecule has 0 aromatic rings. The van der Waals surface area contributed by atoms with Gasteiger partial charge in [-0.2, -0.15) is 0 Å². The summed E-state index contributed by atoms with van der Waals surface area (Å²) >= 11 is 0. The van der Waals surface area contributed by atoms with Crippen molar-refractivity contribution >= 4 is 0 Å². The maximum absolute atomic E-state index is 3.94. The van der Waals surface area contributed by atoms with Gasteiger partial charge < -0.3 is 0 Å². The zero-order chi connectivity index (χ0) is 8.85. The van der Waals surface area contributed by atoms with E-state index in [1.165, 1.54) is 24.0 Å². The van der Waals surface area contributed by atoms with Crippen LogP contribution in [0.4, 0.5) is 0 Å². The standard InChI is InChI=1S/C9H14.C2H6/c1-7-4-8(2)6-9(3)5-7;1-2/h4,9H,1,5-6H2,2-3H3;1-2H3. The summed E-state index contributed by atoms with van der Waals surface area (Å²) in [6.07, 6.45) is 4.66. The summed E-state index contributed by atoms with van der Waals surface area (Å²) < 4.78 is 0. The van der Waals surface area contributed by atoms with E-state index >= 15 is 0 Å². The number of hydrogen-bond donors (Lipinski definition) is 0. The Morgan fingerprint density at radius 1 is 1.36 bits per heavy atom. The normalized spacial score (nSPS) is 23.5. The molecule has 0 spiro atoms. The van der Waals surface area contributed by atoms with Crippen molar-refractivity contribution in [2.75, 3.05) is 0 Å². The lowest BCUT2D eigenvalue weighted by molar-refractivity contribution is 0.560. The summed E-state index contributed by atoms with van der Waals surface area (Å²) in [5, 5.41) is 0. The third-order valence-corrected chi connectivity index (χ3v) is 1.73. The molecule has 64 valence electrons. The average molecular weight is 152 g/mol. The lowest BCUT2D eigenvalue weighted by Crippen LogP contribution is -2.01. The molecule has 0 bridgehead atoms. The van der Waals surface area contributed by atoms with Gasteiger partial charge in [0.2, 0.25) is 0 Å². The van der Waals surface area contributed by atoms with Crippen LogP contribution >= 0.6 is 0 Å². The first kappa shape index (κ1) is 10.5. The minimum absolute atomic E-state index is 0.822. The predicted molar refractivity (Wildman–Crippen MR) is 52.6 cm³/mol. The van der Waals surface area contributed by atoms with Crippen LogP contribution in [0, 0.1) is 5.92 Å². The Labute approximate surface area is 71.0 Å². The molecule has 1 unspecified atom stereocenters. The molecule has 1 atom stereocenters. The Kier molecular flexibility index (Phi) is 4.93. The van der Waals surface area contributed by atoms with Crippen LogP contribution in [0.2, 0.25) is 0 Å². The van der Waals surface area contributed by atoms with Crippen LogP contribution in [0.25, 0.3) is 0 Å². The molecule has 0 heteroatoms. The molecule has 1 aliphatic carbocycles. The van der Waals surface area contributed by atoms with E-state index in [0.717, 1.165) is 5.92 Å². The Bertz CT molecular complexity index is 151. The van der Waals surface area contributed by atoms with E-state index in [-0.39, 0.29) is 0 Å². The Hall–Kier alpha value is -0.520. The summed E-state index contributed by atoms with van der Waals surface area (Å²) in [5.74, 6) is 0.822. The third-order valence-electron chi connectivity index (χ3n) is 1.73. The van der Waals surface area contributed by atoms with E-state index < -0.39 is 0 Å².